The number of aromatic nitrogens is 3. The van der Waals surface area contributed by atoms with E-state index in [1.54, 1.807) is 36.4 Å². The van der Waals surface area contributed by atoms with Crippen LogP contribution in [0.4, 0.5) is 14.6 Å². The molecule has 1 amide bonds. The number of pyridine rings is 3. The van der Waals surface area contributed by atoms with Gasteiger partial charge in [-0.1, -0.05) is 89.2 Å². The third-order valence-corrected chi connectivity index (χ3v) is 14.2. The number of rotatable bonds is 14. The smallest absolute Gasteiger partial charge is 0.337 e. The lowest BCUT2D eigenvalue weighted by atomic mass is 9.78. The summed E-state index contributed by atoms with van der Waals surface area (Å²) in [5, 5.41) is 9.42. The molecule has 0 aliphatic heterocycles. The number of anilines is 1. The summed E-state index contributed by atoms with van der Waals surface area (Å²) in [4.78, 5) is 39.0. The number of carbonyl (C=O) groups excluding carboxylic acids is 1. The molecule has 2 aliphatic rings. The molecule has 3 aromatic heterocycles. The van der Waals surface area contributed by atoms with Gasteiger partial charge in [-0.25, -0.2) is 23.3 Å². The lowest BCUT2D eigenvalue weighted by Gasteiger charge is -2.28. The Labute approximate surface area is 412 Å². The number of nitrogens with zero attached hydrogens (tertiary/aromatic N) is 3. The first-order chi connectivity index (χ1) is 32.4. The van der Waals surface area contributed by atoms with Gasteiger partial charge in [0.05, 0.1) is 47.1 Å². The van der Waals surface area contributed by atoms with Gasteiger partial charge in [-0.3, -0.25) is 14.8 Å². The molecule has 12 nitrogen and oxygen atoms in total. The fourth-order valence-corrected chi connectivity index (χ4v) is 11.5. The van der Waals surface area contributed by atoms with Gasteiger partial charge < -0.3 is 20.3 Å². The lowest BCUT2D eigenvalue weighted by molar-refractivity contribution is 0.0693. The van der Waals surface area contributed by atoms with Gasteiger partial charge in [0.2, 0.25) is 0 Å². The molecule has 376 valence electrons. The minimum absolute atomic E-state index is 0.0174. The number of aromatic carboxylic acids is 1. The number of ether oxygens (including phenoxy) is 2. The first kappa shape index (κ1) is 53.4. The number of halogens is 2. The van der Waals surface area contributed by atoms with Crippen molar-refractivity contribution in [3.8, 4) is 34.0 Å². The molecule has 2 fully saturated rings. The van der Waals surface area contributed by atoms with Crippen LogP contribution < -0.4 is 19.9 Å². The molecule has 0 bridgehead atoms. The number of sulfonamides is 1. The van der Waals surface area contributed by atoms with Crippen LogP contribution in [0.15, 0.2) is 83.9 Å². The molecule has 5 aromatic rings. The van der Waals surface area contributed by atoms with Gasteiger partial charge >= 0.3 is 5.97 Å². The molecule has 70 heavy (non-hydrogen) atoms. The maximum absolute atomic E-state index is 14.6. The maximum atomic E-state index is 14.6. The second kappa shape index (κ2) is 20.4. The molecule has 7 rings (SSSR count). The molecule has 15 heteroatoms. The maximum Gasteiger partial charge on any atom is 0.337 e. The van der Waals surface area contributed by atoms with Gasteiger partial charge in [0, 0.05) is 35.1 Å². The highest BCUT2D eigenvalue weighted by Gasteiger charge is 2.48. The summed E-state index contributed by atoms with van der Waals surface area (Å²) in [5.41, 5.74) is 8.96. The largest absolute Gasteiger partial charge is 0.493 e. The van der Waals surface area contributed by atoms with E-state index in [0.717, 1.165) is 25.7 Å². The van der Waals surface area contributed by atoms with Crippen molar-refractivity contribution in [3.05, 3.63) is 113 Å². The number of carbonyl (C=O) groups is 2. The van der Waals surface area contributed by atoms with Crippen LogP contribution in [-0.4, -0.2) is 53.6 Å². The number of nitrogens with two attached hydrogens (primary N) is 1. The molecule has 2 saturated carbocycles. The molecule has 2 unspecified atom stereocenters. The summed E-state index contributed by atoms with van der Waals surface area (Å²) in [7, 11) is -4.29. The zero-order valence-corrected chi connectivity index (χ0v) is 43.4. The van der Waals surface area contributed by atoms with E-state index >= 15 is 0 Å². The number of nitrogen functional groups attached to an aromatic ring is 1. The van der Waals surface area contributed by atoms with Gasteiger partial charge in [-0.2, -0.15) is 8.42 Å². The SMILES string of the molecule is CC(C)COc1cc(F)cc(-c2ccc(C(=O)NS(=O)(=O)c3cccc(N)n3)c(C3CC(C)(C)CC3(C)C)n2)c1.CC(C)COc1cc(F)cc(-c2ccc(C(=O)O)c(C3CC(C)(C)CC3(C)C)n2)c1. The van der Waals surface area contributed by atoms with Gasteiger partial charge in [0.1, 0.15) is 29.0 Å². The Morgan fingerprint density at radius 1 is 0.686 bits per heavy atom. The number of nitrogens with one attached hydrogen (secondary N) is 1. The third kappa shape index (κ3) is 13.1. The van der Waals surface area contributed by atoms with Gasteiger partial charge in [0.25, 0.3) is 15.9 Å². The predicted octanol–water partition coefficient (Wildman–Crippen LogP) is 12.5. The molecule has 3 heterocycles. The Morgan fingerprint density at radius 2 is 1.13 bits per heavy atom. The van der Waals surface area contributed by atoms with E-state index in [1.807, 2.05) is 27.7 Å². The van der Waals surface area contributed by atoms with E-state index in [1.165, 1.54) is 42.5 Å². The van der Waals surface area contributed by atoms with Crippen LogP contribution in [0.3, 0.4) is 0 Å². The van der Waals surface area contributed by atoms with Crippen LogP contribution in [-0.2, 0) is 10.0 Å². The molecule has 4 N–H and O–H groups in total. The lowest BCUT2D eigenvalue weighted by Crippen LogP contribution is -2.33. The standard InChI is InChI=1S/C30H37FN4O4S.C25H32FNO3/c1-18(2)16-39-21-13-19(12-20(31)14-21)24-11-10-22(27(33-24)23-15-29(3,4)17-30(23,5)6)28(36)35-40(37,38)26-9-7-8-25(32)34-26;1-15(2)13-30-18-10-16(9-17(26)11-18)21-8-7-19(23(28)29)22(27-21)20-12-24(3,4)14-25(20,5)6/h7-14,18,23H,15-17H2,1-6H3,(H2,32,34)(H,35,36);7-11,15,20H,12-14H2,1-6H3,(H,28,29). The van der Waals surface area contributed by atoms with Crippen molar-refractivity contribution in [1.29, 1.82) is 0 Å². The van der Waals surface area contributed by atoms with Crippen molar-refractivity contribution in [2.45, 2.75) is 126 Å². The number of hydrogen-bond acceptors (Lipinski definition) is 10. The Morgan fingerprint density at radius 3 is 1.53 bits per heavy atom. The Kier molecular flexibility index (Phi) is 15.6. The first-order valence-corrected chi connectivity index (χ1v) is 25.3. The van der Waals surface area contributed by atoms with Crippen molar-refractivity contribution in [2.24, 2.45) is 33.5 Å². The Balaban J connectivity index is 0.000000239. The summed E-state index contributed by atoms with van der Waals surface area (Å²) < 4.78 is 68.4. The van der Waals surface area contributed by atoms with E-state index in [0.29, 0.717) is 64.5 Å². The van der Waals surface area contributed by atoms with Crippen LogP contribution in [0.25, 0.3) is 22.5 Å². The number of carboxylic acids is 1. The highest BCUT2D eigenvalue weighted by molar-refractivity contribution is 7.90. The number of hydrogen-bond donors (Lipinski definition) is 3. The van der Waals surface area contributed by atoms with Crippen molar-refractivity contribution in [2.75, 3.05) is 18.9 Å². The summed E-state index contributed by atoms with van der Waals surface area (Å²) in [6, 6.07) is 19.5. The van der Waals surface area contributed by atoms with Crippen LogP contribution in [0.5, 0.6) is 11.5 Å². The summed E-state index contributed by atoms with van der Waals surface area (Å²) in [5.74, 6) is -1.37. The monoisotopic (exact) mass is 981 g/mol. The highest BCUT2D eigenvalue weighted by atomic mass is 32.2. The molecule has 2 aromatic carbocycles. The van der Waals surface area contributed by atoms with E-state index in [2.05, 4.69) is 65.1 Å². The predicted molar refractivity (Wildman–Crippen MR) is 269 cm³/mol. The zero-order chi connectivity index (χ0) is 51.7. The van der Waals surface area contributed by atoms with E-state index in [4.69, 9.17) is 25.2 Å². The number of amides is 1. The van der Waals surface area contributed by atoms with Crippen LogP contribution in [0.2, 0.25) is 0 Å². The van der Waals surface area contributed by atoms with Crippen LogP contribution in [0.1, 0.15) is 153 Å². The summed E-state index contributed by atoms with van der Waals surface area (Å²) >= 11 is 0. The minimum Gasteiger partial charge on any atom is -0.493 e. The Hall–Kier alpha value is -5.96. The van der Waals surface area contributed by atoms with Crippen molar-refractivity contribution >= 4 is 27.7 Å². The quantitative estimate of drug-likeness (QED) is 0.0962. The number of carboxylic acid groups (broad SMARTS) is 1. The molecule has 2 atom stereocenters. The third-order valence-electron chi connectivity index (χ3n) is 13.0. The average Bonchev–Trinajstić information content (AvgIpc) is 3.63. The van der Waals surface area contributed by atoms with E-state index in [9.17, 15) is 31.9 Å². The molecule has 0 spiro atoms. The normalized spacial score (nSPS) is 18.8. The fraction of sp³-hybridized carbons (Fsp3) is 0.473. The van der Waals surface area contributed by atoms with Gasteiger partial charge in [0.15, 0.2) is 5.03 Å². The van der Waals surface area contributed by atoms with Gasteiger partial charge in [-0.15, -0.1) is 0 Å². The van der Waals surface area contributed by atoms with Crippen molar-refractivity contribution in [3.63, 3.8) is 0 Å². The fourth-order valence-electron chi connectivity index (χ4n) is 10.5. The average molecular weight is 982 g/mol. The van der Waals surface area contributed by atoms with Crippen LogP contribution in [0, 0.1) is 45.1 Å². The Bertz CT molecular complexity index is 2860. The second-order valence-corrected chi connectivity index (χ2v) is 24.5. The van der Waals surface area contributed by atoms with Crippen molar-refractivity contribution in [1.82, 2.24) is 19.7 Å². The van der Waals surface area contributed by atoms with Gasteiger partial charge in [-0.05, 0) is 120 Å². The highest BCUT2D eigenvalue weighted by Crippen LogP contribution is 2.58. The number of benzene rings is 2. The summed E-state index contributed by atoms with van der Waals surface area (Å²) in [6.45, 7) is 26.3. The second-order valence-electron chi connectivity index (χ2n) is 22.8. The van der Waals surface area contributed by atoms with E-state index < -0.39 is 33.5 Å². The minimum atomic E-state index is -4.29. The molecule has 0 radical (unpaired) electrons. The topological polar surface area (TPSA) is 184 Å². The first-order valence-electron chi connectivity index (χ1n) is 23.9. The molecule has 2 aliphatic carbocycles. The van der Waals surface area contributed by atoms with Crippen molar-refractivity contribution < 1.29 is 41.4 Å². The van der Waals surface area contributed by atoms with Crippen LogP contribution >= 0.6 is 0 Å². The summed E-state index contributed by atoms with van der Waals surface area (Å²) in [6.07, 6.45) is 3.48. The molecular weight excluding hydrogens is 913 g/mol. The molecule has 0 saturated heterocycles. The zero-order valence-electron chi connectivity index (χ0n) is 42.5. The molecular formula is C55H69F2N5O7S. The van der Waals surface area contributed by atoms with E-state index in [-0.39, 0.29) is 61.4 Å².